The molecular weight excluding hydrogens is 490 g/mol. The molecule has 1 aromatic heterocycles. The van der Waals surface area contributed by atoms with Gasteiger partial charge in [-0.2, -0.15) is 0 Å². The van der Waals surface area contributed by atoms with Crippen LogP contribution < -0.4 is 15.8 Å². The predicted octanol–water partition coefficient (Wildman–Crippen LogP) is 4.41. The molecule has 3 unspecified atom stereocenters. The van der Waals surface area contributed by atoms with E-state index in [-0.39, 0.29) is 30.2 Å². The van der Waals surface area contributed by atoms with Crippen LogP contribution in [-0.4, -0.2) is 70.8 Å². The number of nitrogens with one attached hydrogen (secondary N) is 1. The highest BCUT2D eigenvalue weighted by Gasteiger charge is 2.44. The van der Waals surface area contributed by atoms with Crippen molar-refractivity contribution < 1.29 is 9.53 Å². The third kappa shape index (κ3) is 5.60. The highest BCUT2D eigenvalue weighted by Crippen LogP contribution is 2.44. The van der Waals surface area contributed by atoms with Crippen LogP contribution in [0.2, 0.25) is 0 Å². The van der Waals surface area contributed by atoms with Gasteiger partial charge in [0.1, 0.15) is 0 Å². The monoisotopic (exact) mass is 535 g/mol. The molecule has 212 valence electrons. The molecule has 1 saturated carbocycles. The van der Waals surface area contributed by atoms with Crippen LogP contribution >= 0.6 is 0 Å². The molecule has 1 aliphatic carbocycles. The van der Waals surface area contributed by atoms with Crippen molar-refractivity contribution in [2.75, 3.05) is 31.1 Å². The molecular formula is C31H45N5O3. The topological polar surface area (TPSA) is 79.7 Å². The molecule has 3 saturated heterocycles. The number of nitrogens with zero attached hydrogens (tertiary/aromatic N) is 4. The van der Waals surface area contributed by atoms with Crippen molar-refractivity contribution in [3.63, 3.8) is 0 Å². The van der Waals surface area contributed by atoms with Gasteiger partial charge < -0.3 is 19.5 Å². The van der Waals surface area contributed by atoms with Crippen molar-refractivity contribution in [3.8, 4) is 0 Å². The van der Waals surface area contributed by atoms with Crippen molar-refractivity contribution in [2.45, 2.75) is 114 Å². The van der Waals surface area contributed by atoms with E-state index in [4.69, 9.17) is 9.72 Å². The third-order valence-corrected chi connectivity index (χ3v) is 9.73. The van der Waals surface area contributed by atoms with Gasteiger partial charge in [0.2, 0.25) is 0 Å². The average molecular weight is 536 g/mol. The van der Waals surface area contributed by atoms with E-state index in [9.17, 15) is 9.59 Å². The van der Waals surface area contributed by atoms with Crippen LogP contribution in [0.3, 0.4) is 0 Å². The van der Waals surface area contributed by atoms with Crippen LogP contribution in [-0.2, 0) is 9.53 Å². The molecule has 3 aliphatic heterocycles. The molecule has 4 atom stereocenters. The summed E-state index contributed by atoms with van der Waals surface area (Å²) in [4.78, 5) is 35.9. The maximum absolute atomic E-state index is 14.2. The lowest BCUT2D eigenvalue weighted by Crippen LogP contribution is -2.50. The lowest BCUT2D eigenvalue weighted by Gasteiger charge is -2.45. The zero-order valence-electron chi connectivity index (χ0n) is 23.5. The summed E-state index contributed by atoms with van der Waals surface area (Å²) in [7, 11) is 0. The Morgan fingerprint density at radius 1 is 0.949 bits per heavy atom. The third-order valence-electron chi connectivity index (χ3n) is 9.73. The molecule has 8 nitrogen and oxygen atoms in total. The van der Waals surface area contributed by atoms with Crippen LogP contribution in [0.15, 0.2) is 29.1 Å². The van der Waals surface area contributed by atoms with Gasteiger partial charge in [-0.05, 0) is 64.0 Å². The largest absolute Gasteiger partial charge is 0.465 e. The van der Waals surface area contributed by atoms with Crippen LogP contribution in [0.5, 0.6) is 0 Å². The van der Waals surface area contributed by atoms with Crippen LogP contribution in [0.4, 0.5) is 5.82 Å². The number of ether oxygens (including phenoxy) is 1. The van der Waals surface area contributed by atoms with Gasteiger partial charge in [0.05, 0.1) is 24.2 Å². The number of piperidine rings is 1. The summed E-state index contributed by atoms with van der Waals surface area (Å²) in [6, 6.07) is 10.4. The minimum atomic E-state index is -0.234. The Labute approximate surface area is 232 Å². The number of hydrogen-bond acceptors (Lipinski definition) is 7. The first-order valence-corrected chi connectivity index (χ1v) is 15.5. The Kier molecular flexibility index (Phi) is 8.21. The second kappa shape index (κ2) is 12.0. The van der Waals surface area contributed by atoms with E-state index in [1.807, 2.05) is 25.1 Å². The lowest BCUT2D eigenvalue weighted by atomic mass is 9.89. The minimum absolute atomic E-state index is 0.0450. The average Bonchev–Trinajstić information content (AvgIpc) is 3.49. The lowest BCUT2D eigenvalue weighted by molar-refractivity contribution is -0.142. The standard InChI is InChI=1S/C31H45N5O3/c1-2-39-29(37)20-32-22-16-17-34(21-22)30-31(38)36(28-13-9-8-12-27(28)33-30)26-18-24-14-15-25(19-26)35(24)23-10-6-4-3-5-7-11-23/h8-9,12-13,22-26,32H,2-7,10-11,14-21H2,1H3/t22?,24-,25?,26?/m0/s1. The van der Waals surface area contributed by atoms with Crippen molar-refractivity contribution in [1.29, 1.82) is 0 Å². The van der Waals surface area contributed by atoms with Gasteiger partial charge in [-0.15, -0.1) is 0 Å². The second-order valence-electron chi connectivity index (χ2n) is 12.2. The molecule has 1 N–H and O–H groups in total. The number of esters is 1. The van der Waals surface area contributed by atoms with Gasteiger partial charge in [-0.25, -0.2) is 4.98 Å². The number of benzene rings is 1. The molecule has 4 fully saturated rings. The minimum Gasteiger partial charge on any atom is -0.465 e. The molecule has 0 spiro atoms. The predicted molar refractivity (Wildman–Crippen MR) is 154 cm³/mol. The molecule has 0 radical (unpaired) electrons. The molecule has 2 aromatic rings. The van der Waals surface area contributed by atoms with Crippen LogP contribution in [0, 0.1) is 0 Å². The summed E-state index contributed by atoms with van der Waals surface area (Å²) >= 11 is 0. The number of anilines is 1. The Morgan fingerprint density at radius 2 is 1.67 bits per heavy atom. The fourth-order valence-electron chi connectivity index (χ4n) is 7.99. The van der Waals surface area contributed by atoms with Crippen molar-refractivity contribution in [1.82, 2.24) is 19.8 Å². The molecule has 1 aromatic carbocycles. The van der Waals surface area contributed by atoms with Gasteiger partial charge in [-0.3, -0.25) is 14.5 Å². The van der Waals surface area contributed by atoms with E-state index in [1.165, 1.54) is 57.8 Å². The molecule has 2 bridgehead atoms. The van der Waals surface area contributed by atoms with E-state index >= 15 is 0 Å². The maximum Gasteiger partial charge on any atom is 0.319 e. The smallest absolute Gasteiger partial charge is 0.319 e. The number of hydrogen-bond donors (Lipinski definition) is 1. The Hall–Kier alpha value is -2.45. The van der Waals surface area contributed by atoms with Gasteiger partial charge in [0, 0.05) is 43.3 Å². The number of carbonyl (C=O) groups excluding carboxylic acids is 1. The van der Waals surface area contributed by atoms with Gasteiger partial charge in [0.25, 0.3) is 5.56 Å². The first-order valence-electron chi connectivity index (χ1n) is 15.5. The fourth-order valence-corrected chi connectivity index (χ4v) is 7.99. The summed E-state index contributed by atoms with van der Waals surface area (Å²) < 4.78 is 7.17. The number of aromatic nitrogens is 2. The summed E-state index contributed by atoms with van der Waals surface area (Å²) in [5, 5.41) is 3.31. The van der Waals surface area contributed by atoms with E-state index < -0.39 is 0 Å². The Morgan fingerprint density at radius 3 is 2.41 bits per heavy atom. The van der Waals surface area contributed by atoms with E-state index in [0.29, 0.717) is 31.1 Å². The van der Waals surface area contributed by atoms with Gasteiger partial charge in [-0.1, -0.05) is 44.2 Å². The highest BCUT2D eigenvalue weighted by atomic mass is 16.5. The fraction of sp³-hybridized carbons (Fsp3) is 0.710. The molecule has 4 aliphatic rings. The normalized spacial score (nSPS) is 28.5. The summed E-state index contributed by atoms with van der Waals surface area (Å²) in [6.45, 7) is 3.83. The number of carbonyl (C=O) groups is 1. The first-order chi connectivity index (χ1) is 19.1. The number of rotatable bonds is 7. The first kappa shape index (κ1) is 26.8. The Balaban J connectivity index is 1.23. The van der Waals surface area contributed by atoms with Crippen molar-refractivity contribution in [3.05, 3.63) is 34.6 Å². The molecule has 6 rings (SSSR count). The Bertz CT molecular complexity index is 1190. The molecule has 8 heteroatoms. The SMILES string of the molecule is CCOC(=O)CNC1CCN(c2nc3ccccc3n(C3CC4CC[C@@H](C3)N4C3CCCCCCC3)c2=O)C1. The molecule has 4 heterocycles. The maximum atomic E-state index is 14.2. The zero-order chi connectivity index (χ0) is 26.8. The summed E-state index contributed by atoms with van der Waals surface area (Å²) in [6.07, 6.45) is 15.1. The number of para-hydroxylation sites is 2. The van der Waals surface area contributed by atoms with Crippen molar-refractivity contribution >= 4 is 22.8 Å². The van der Waals surface area contributed by atoms with Crippen molar-refractivity contribution in [2.24, 2.45) is 0 Å². The van der Waals surface area contributed by atoms with Gasteiger partial charge >= 0.3 is 5.97 Å². The van der Waals surface area contributed by atoms with Gasteiger partial charge in [0.15, 0.2) is 5.82 Å². The summed E-state index contributed by atoms with van der Waals surface area (Å²) in [5.41, 5.74) is 1.90. The van der Waals surface area contributed by atoms with Crippen LogP contribution in [0.25, 0.3) is 11.0 Å². The van der Waals surface area contributed by atoms with E-state index in [0.717, 1.165) is 42.9 Å². The summed E-state index contributed by atoms with van der Waals surface area (Å²) in [5.74, 6) is 0.325. The van der Waals surface area contributed by atoms with Crippen LogP contribution in [0.1, 0.15) is 90.0 Å². The number of fused-ring (bicyclic) bond motifs is 3. The molecule has 39 heavy (non-hydrogen) atoms. The van der Waals surface area contributed by atoms with E-state index in [1.54, 1.807) is 0 Å². The zero-order valence-corrected chi connectivity index (χ0v) is 23.5. The highest BCUT2D eigenvalue weighted by molar-refractivity contribution is 5.76. The molecule has 0 amide bonds. The quantitative estimate of drug-likeness (QED) is 0.526. The second-order valence-corrected chi connectivity index (χ2v) is 12.2. The van der Waals surface area contributed by atoms with E-state index in [2.05, 4.69) is 25.8 Å².